The minimum Gasteiger partial charge on any atom is -0.337 e. The fraction of sp³-hybridized carbons (Fsp3) is 0.227. The van der Waals surface area contributed by atoms with Gasteiger partial charge in [-0.1, -0.05) is 43.3 Å². The molecule has 0 aliphatic rings. The molecule has 0 aliphatic carbocycles. The van der Waals surface area contributed by atoms with Gasteiger partial charge in [-0.3, -0.25) is 5.10 Å². The average Bonchev–Trinajstić information content (AvgIpc) is 3.39. The lowest BCUT2D eigenvalue weighted by Crippen LogP contribution is -2.28. The maximum Gasteiger partial charge on any atom is 0.319 e. The number of benzene rings is 2. The van der Waals surface area contributed by atoms with Gasteiger partial charge >= 0.3 is 6.03 Å². The third kappa shape index (κ3) is 4.49. The summed E-state index contributed by atoms with van der Waals surface area (Å²) in [7, 11) is 2.09. The van der Waals surface area contributed by atoms with E-state index >= 15 is 0 Å². The number of anilines is 1. The summed E-state index contributed by atoms with van der Waals surface area (Å²) in [6.07, 6.45) is 1.58. The van der Waals surface area contributed by atoms with Gasteiger partial charge in [0, 0.05) is 13.1 Å². The molecule has 2 aromatic heterocycles. The van der Waals surface area contributed by atoms with Crippen molar-refractivity contribution in [3.05, 3.63) is 65.9 Å². The van der Waals surface area contributed by atoms with E-state index in [1.807, 2.05) is 36.4 Å². The molecule has 0 atom stereocenters. The number of carbonyl (C=O) groups is 1. The number of nitrogens with one attached hydrogen (secondary N) is 4. The lowest BCUT2D eigenvalue weighted by Gasteiger charge is -2.13. The minimum atomic E-state index is -0.303. The second-order valence-corrected chi connectivity index (χ2v) is 7.22. The van der Waals surface area contributed by atoms with Crippen molar-refractivity contribution in [2.45, 2.75) is 20.0 Å². The molecule has 0 saturated heterocycles. The number of H-pyrrole nitrogens is 2. The maximum absolute atomic E-state index is 12.3. The molecule has 8 heteroatoms. The van der Waals surface area contributed by atoms with Crippen LogP contribution in [0.5, 0.6) is 0 Å². The van der Waals surface area contributed by atoms with Gasteiger partial charge in [-0.05, 0) is 36.9 Å². The molecule has 4 N–H and O–H groups in total. The van der Waals surface area contributed by atoms with Crippen molar-refractivity contribution in [2.75, 3.05) is 18.9 Å². The van der Waals surface area contributed by atoms with Crippen molar-refractivity contribution in [3.63, 3.8) is 0 Å². The van der Waals surface area contributed by atoms with Gasteiger partial charge in [-0.25, -0.2) is 9.78 Å². The lowest BCUT2D eigenvalue weighted by atomic mass is 10.2. The molecule has 4 rings (SSSR count). The van der Waals surface area contributed by atoms with Crippen LogP contribution in [-0.4, -0.2) is 44.7 Å². The van der Waals surface area contributed by atoms with E-state index in [4.69, 9.17) is 0 Å². The number of aromatic amines is 2. The van der Waals surface area contributed by atoms with Crippen LogP contribution < -0.4 is 10.6 Å². The number of urea groups is 1. The van der Waals surface area contributed by atoms with Crippen LogP contribution in [-0.2, 0) is 13.1 Å². The van der Waals surface area contributed by atoms with E-state index < -0.39 is 0 Å². The molecule has 8 nitrogen and oxygen atoms in total. The maximum atomic E-state index is 12.3. The van der Waals surface area contributed by atoms with E-state index in [0.29, 0.717) is 23.8 Å². The summed E-state index contributed by atoms with van der Waals surface area (Å²) >= 11 is 0. The van der Waals surface area contributed by atoms with Crippen LogP contribution in [0, 0.1) is 0 Å². The largest absolute Gasteiger partial charge is 0.337 e. The zero-order valence-corrected chi connectivity index (χ0v) is 17.1. The Morgan fingerprint density at radius 2 is 1.97 bits per heavy atom. The predicted octanol–water partition coefficient (Wildman–Crippen LogP) is 3.73. The predicted molar refractivity (Wildman–Crippen MR) is 118 cm³/mol. The fourth-order valence-corrected chi connectivity index (χ4v) is 3.20. The number of nitrogens with zero attached hydrogens (tertiary/aromatic N) is 3. The molecule has 2 aromatic carbocycles. The number of hydrogen-bond acceptors (Lipinski definition) is 4. The van der Waals surface area contributed by atoms with Crippen molar-refractivity contribution in [3.8, 4) is 11.5 Å². The summed E-state index contributed by atoms with van der Waals surface area (Å²) in [6, 6.07) is 15.6. The van der Waals surface area contributed by atoms with Gasteiger partial charge in [0.05, 0.1) is 22.9 Å². The molecule has 4 aromatic rings. The molecule has 2 amide bonds. The number of rotatable bonds is 7. The zero-order chi connectivity index (χ0) is 20.9. The van der Waals surface area contributed by atoms with Crippen LogP contribution in [0.4, 0.5) is 10.5 Å². The molecular formula is C22H25N7O. The number of carbonyl (C=O) groups excluding carboxylic acids is 1. The van der Waals surface area contributed by atoms with Gasteiger partial charge in [0.2, 0.25) is 0 Å². The van der Waals surface area contributed by atoms with E-state index in [2.05, 4.69) is 61.8 Å². The van der Waals surface area contributed by atoms with Gasteiger partial charge in [-0.15, -0.1) is 0 Å². The molecule has 30 heavy (non-hydrogen) atoms. The number of hydrogen-bond donors (Lipinski definition) is 4. The van der Waals surface area contributed by atoms with Crippen molar-refractivity contribution in [1.29, 1.82) is 0 Å². The number of imidazole rings is 1. The first kappa shape index (κ1) is 19.7. The Hall–Kier alpha value is -3.65. The fourth-order valence-electron chi connectivity index (χ4n) is 3.20. The Labute approximate surface area is 174 Å². The highest BCUT2D eigenvalue weighted by Gasteiger charge is 2.15. The Bertz CT molecular complexity index is 1130. The van der Waals surface area contributed by atoms with Gasteiger partial charge in [0.25, 0.3) is 0 Å². The normalized spacial score (nSPS) is 11.2. The van der Waals surface area contributed by atoms with Crippen molar-refractivity contribution >= 4 is 22.8 Å². The molecule has 0 bridgehead atoms. The number of amides is 2. The lowest BCUT2D eigenvalue weighted by molar-refractivity contribution is 0.251. The molecule has 154 valence electrons. The molecule has 0 fully saturated rings. The SMILES string of the molecule is CCN(C)Cc1ccc2nc(-c3[nH]ncc3NC(=O)NCc3ccccc3)[nH]c2c1. The van der Waals surface area contributed by atoms with Crippen LogP contribution in [0.3, 0.4) is 0 Å². The third-order valence-electron chi connectivity index (χ3n) is 4.96. The van der Waals surface area contributed by atoms with E-state index in [1.165, 1.54) is 5.56 Å². The quantitative estimate of drug-likeness (QED) is 0.378. The average molecular weight is 403 g/mol. The minimum absolute atomic E-state index is 0.303. The van der Waals surface area contributed by atoms with Crippen LogP contribution >= 0.6 is 0 Å². The third-order valence-corrected chi connectivity index (χ3v) is 4.96. The van der Waals surface area contributed by atoms with E-state index in [0.717, 1.165) is 29.7 Å². The van der Waals surface area contributed by atoms with Crippen molar-refractivity contribution in [2.24, 2.45) is 0 Å². The first-order chi connectivity index (χ1) is 14.6. The highest BCUT2D eigenvalue weighted by atomic mass is 16.2. The number of fused-ring (bicyclic) bond motifs is 1. The Morgan fingerprint density at radius 3 is 2.77 bits per heavy atom. The second kappa shape index (κ2) is 8.79. The van der Waals surface area contributed by atoms with Crippen LogP contribution in [0.1, 0.15) is 18.1 Å². The molecule has 0 spiro atoms. The Balaban J connectivity index is 1.48. The number of aromatic nitrogens is 4. The first-order valence-corrected chi connectivity index (χ1v) is 9.92. The molecule has 0 aliphatic heterocycles. The highest BCUT2D eigenvalue weighted by Crippen LogP contribution is 2.26. The molecule has 0 saturated carbocycles. The van der Waals surface area contributed by atoms with Crippen molar-refractivity contribution in [1.82, 2.24) is 30.4 Å². The summed E-state index contributed by atoms with van der Waals surface area (Å²) in [4.78, 5) is 22.5. The van der Waals surface area contributed by atoms with Gasteiger partial charge in [-0.2, -0.15) is 5.10 Å². The Morgan fingerprint density at radius 1 is 1.13 bits per heavy atom. The van der Waals surface area contributed by atoms with E-state index in [1.54, 1.807) is 6.20 Å². The monoisotopic (exact) mass is 403 g/mol. The standard InChI is InChI=1S/C22H25N7O/c1-3-29(2)14-16-9-10-17-18(11-16)26-21(25-17)20-19(13-24-28-20)27-22(30)23-12-15-7-5-4-6-8-15/h4-11,13H,3,12,14H2,1-2H3,(H,24,28)(H,25,26)(H2,23,27,30). The molecule has 0 radical (unpaired) electrons. The second-order valence-electron chi connectivity index (χ2n) is 7.22. The topological polar surface area (TPSA) is 102 Å². The summed E-state index contributed by atoms with van der Waals surface area (Å²) in [5, 5.41) is 12.7. The van der Waals surface area contributed by atoms with Crippen LogP contribution in [0.15, 0.2) is 54.7 Å². The van der Waals surface area contributed by atoms with Crippen LogP contribution in [0.2, 0.25) is 0 Å². The first-order valence-electron chi connectivity index (χ1n) is 9.92. The Kier molecular flexibility index (Phi) is 5.76. The highest BCUT2D eigenvalue weighted by molar-refractivity contribution is 5.93. The summed E-state index contributed by atoms with van der Waals surface area (Å²) < 4.78 is 0. The molecule has 2 heterocycles. The van der Waals surface area contributed by atoms with Gasteiger partial charge < -0.3 is 20.5 Å². The van der Waals surface area contributed by atoms with Crippen LogP contribution in [0.25, 0.3) is 22.6 Å². The summed E-state index contributed by atoms with van der Waals surface area (Å²) in [5.74, 6) is 0.627. The molecular weight excluding hydrogens is 378 g/mol. The zero-order valence-electron chi connectivity index (χ0n) is 17.1. The van der Waals surface area contributed by atoms with Crippen molar-refractivity contribution < 1.29 is 4.79 Å². The van der Waals surface area contributed by atoms with Gasteiger partial charge in [0.1, 0.15) is 5.69 Å². The van der Waals surface area contributed by atoms with Gasteiger partial charge in [0.15, 0.2) is 5.82 Å². The smallest absolute Gasteiger partial charge is 0.319 e. The summed E-state index contributed by atoms with van der Waals surface area (Å²) in [5.41, 5.74) is 5.24. The van der Waals surface area contributed by atoms with E-state index in [-0.39, 0.29) is 6.03 Å². The molecule has 0 unspecified atom stereocenters. The summed E-state index contributed by atoms with van der Waals surface area (Å²) in [6.45, 7) is 4.44. The van der Waals surface area contributed by atoms with E-state index in [9.17, 15) is 4.79 Å².